The topological polar surface area (TPSA) is 3.24 Å². The minimum atomic E-state index is -4.51. The predicted octanol–water partition coefficient (Wildman–Crippen LogP) is 5.01. The lowest BCUT2D eigenvalue weighted by Crippen LogP contribution is -2.39. The maximum absolute atomic E-state index is 14.1. The van der Waals surface area contributed by atoms with Gasteiger partial charge in [0.2, 0.25) is 0 Å². The van der Waals surface area contributed by atoms with Crippen LogP contribution < -0.4 is 0 Å². The highest BCUT2D eigenvalue weighted by Crippen LogP contribution is 2.38. The zero-order chi connectivity index (χ0) is 15.2. The van der Waals surface area contributed by atoms with Gasteiger partial charge in [-0.1, -0.05) is 18.0 Å². The van der Waals surface area contributed by atoms with Gasteiger partial charge in [-0.15, -0.1) is 0 Å². The molecule has 0 amide bonds. The summed E-state index contributed by atoms with van der Waals surface area (Å²) < 4.78 is 52.6. The lowest BCUT2D eigenvalue weighted by atomic mass is 10.0. The third-order valence-electron chi connectivity index (χ3n) is 4.63. The Balaban J connectivity index is 1.90. The van der Waals surface area contributed by atoms with E-state index >= 15 is 0 Å². The number of rotatable bonds is 2. The molecular weight excluding hydrogens is 306 g/mol. The number of benzene rings is 1. The Kier molecular flexibility index (Phi) is 3.91. The molecular formula is C15H16ClF4N. The van der Waals surface area contributed by atoms with Crippen LogP contribution in [0.5, 0.6) is 0 Å². The quantitative estimate of drug-likeness (QED) is 0.692. The Morgan fingerprint density at radius 3 is 2.29 bits per heavy atom. The smallest absolute Gasteiger partial charge is 0.293 e. The van der Waals surface area contributed by atoms with Crippen molar-refractivity contribution in [3.8, 4) is 0 Å². The van der Waals surface area contributed by atoms with Crippen LogP contribution in [-0.2, 0) is 12.7 Å². The molecule has 6 heteroatoms. The van der Waals surface area contributed by atoms with Crippen molar-refractivity contribution in [3.05, 3.63) is 34.1 Å². The summed E-state index contributed by atoms with van der Waals surface area (Å²) >= 11 is 5.64. The van der Waals surface area contributed by atoms with Crippen LogP contribution in [-0.4, -0.2) is 17.0 Å². The Morgan fingerprint density at radius 2 is 1.71 bits per heavy atom. The van der Waals surface area contributed by atoms with E-state index in [2.05, 4.69) is 4.90 Å². The van der Waals surface area contributed by atoms with Gasteiger partial charge >= 0.3 is 6.18 Å². The number of halogens is 5. The van der Waals surface area contributed by atoms with E-state index in [9.17, 15) is 17.6 Å². The minimum Gasteiger partial charge on any atom is -0.293 e. The predicted molar refractivity (Wildman–Crippen MR) is 72.6 cm³/mol. The van der Waals surface area contributed by atoms with E-state index < -0.39 is 22.6 Å². The summed E-state index contributed by atoms with van der Waals surface area (Å²) in [5.41, 5.74) is -0.832. The van der Waals surface area contributed by atoms with E-state index in [1.165, 1.54) is 0 Å². The average molecular weight is 322 g/mol. The van der Waals surface area contributed by atoms with Gasteiger partial charge in [-0.25, -0.2) is 4.39 Å². The SMILES string of the molecule is Fc1c(Cl)cc(C(F)(F)F)cc1CN1C2CCC[C@@H]1CC2. The summed E-state index contributed by atoms with van der Waals surface area (Å²) in [6.07, 6.45) is 0.845. The molecule has 116 valence electrons. The fourth-order valence-corrected chi connectivity index (χ4v) is 3.84. The molecule has 2 fully saturated rings. The summed E-state index contributed by atoms with van der Waals surface area (Å²) in [6, 6.07) is 2.30. The zero-order valence-corrected chi connectivity index (χ0v) is 12.1. The highest BCUT2D eigenvalue weighted by Gasteiger charge is 2.37. The molecule has 2 aliphatic rings. The van der Waals surface area contributed by atoms with Crippen molar-refractivity contribution < 1.29 is 17.6 Å². The van der Waals surface area contributed by atoms with Crippen LogP contribution in [0, 0.1) is 5.82 Å². The highest BCUT2D eigenvalue weighted by molar-refractivity contribution is 6.30. The largest absolute Gasteiger partial charge is 0.416 e. The van der Waals surface area contributed by atoms with Crippen LogP contribution in [0.15, 0.2) is 12.1 Å². The fraction of sp³-hybridized carbons (Fsp3) is 0.600. The summed E-state index contributed by atoms with van der Waals surface area (Å²) in [7, 11) is 0. The number of fused-ring (bicyclic) bond motifs is 2. The average Bonchev–Trinajstić information content (AvgIpc) is 2.63. The number of hydrogen-bond acceptors (Lipinski definition) is 1. The van der Waals surface area contributed by atoms with E-state index in [0.29, 0.717) is 18.2 Å². The van der Waals surface area contributed by atoms with Crippen molar-refractivity contribution >= 4 is 11.6 Å². The van der Waals surface area contributed by atoms with Gasteiger partial charge in [-0.05, 0) is 37.8 Å². The molecule has 0 aliphatic carbocycles. The van der Waals surface area contributed by atoms with E-state index in [1.54, 1.807) is 0 Å². The maximum atomic E-state index is 14.1. The molecule has 21 heavy (non-hydrogen) atoms. The molecule has 2 aliphatic heterocycles. The first-order chi connectivity index (χ1) is 9.86. The van der Waals surface area contributed by atoms with E-state index in [4.69, 9.17) is 11.6 Å². The normalized spacial score (nSPS) is 26.3. The zero-order valence-electron chi connectivity index (χ0n) is 11.4. The van der Waals surface area contributed by atoms with Crippen LogP contribution in [0.2, 0.25) is 5.02 Å². The van der Waals surface area contributed by atoms with Gasteiger partial charge in [0.25, 0.3) is 0 Å². The molecule has 1 unspecified atom stereocenters. The van der Waals surface area contributed by atoms with Crippen molar-refractivity contribution in [2.45, 2.75) is 56.9 Å². The molecule has 0 saturated carbocycles. The van der Waals surface area contributed by atoms with Crippen LogP contribution in [0.3, 0.4) is 0 Å². The molecule has 1 aromatic rings. The van der Waals surface area contributed by atoms with Gasteiger partial charge in [-0.2, -0.15) is 13.2 Å². The summed E-state index contributed by atoms with van der Waals surface area (Å²) in [6.45, 7) is 0.213. The molecule has 1 nitrogen and oxygen atoms in total. The van der Waals surface area contributed by atoms with Gasteiger partial charge < -0.3 is 0 Å². The Labute approximate surface area is 125 Å². The molecule has 0 radical (unpaired) electrons. The van der Waals surface area contributed by atoms with Crippen molar-refractivity contribution in [3.63, 3.8) is 0 Å². The van der Waals surface area contributed by atoms with Crippen LogP contribution in [0.25, 0.3) is 0 Å². The van der Waals surface area contributed by atoms with Crippen molar-refractivity contribution in [1.82, 2.24) is 4.90 Å². The van der Waals surface area contributed by atoms with E-state index in [0.717, 1.165) is 38.2 Å². The van der Waals surface area contributed by atoms with Crippen LogP contribution >= 0.6 is 11.6 Å². The Bertz CT molecular complexity index is 527. The molecule has 2 saturated heterocycles. The van der Waals surface area contributed by atoms with Gasteiger partial charge in [-0.3, -0.25) is 4.90 Å². The molecule has 0 spiro atoms. The summed E-state index contributed by atoms with van der Waals surface area (Å²) in [4.78, 5) is 2.15. The number of nitrogens with zero attached hydrogens (tertiary/aromatic N) is 1. The van der Waals surface area contributed by atoms with Gasteiger partial charge in [0.15, 0.2) is 0 Å². The van der Waals surface area contributed by atoms with Crippen LogP contribution in [0.4, 0.5) is 17.6 Å². The first kappa shape index (κ1) is 15.1. The van der Waals surface area contributed by atoms with Crippen LogP contribution in [0.1, 0.15) is 43.2 Å². The summed E-state index contributed by atoms with van der Waals surface area (Å²) in [5.74, 6) is -0.727. The highest BCUT2D eigenvalue weighted by atomic mass is 35.5. The number of hydrogen-bond donors (Lipinski definition) is 0. The summed E-state index contributed by atoms with van der Waals surface area (Å²) in [5, 5.41) is -0.454. The second-order valence-electron chi connectivity index (χ2n) is 5.92. The first-order valence-electron chi connectivity index (χ1n) is 7.17. The number of piperidine rings is 1. The maximum Gasteiger partial charge on any atom is 0.416 e. The van der Waals surface area contributed by atoms with Crippen molar-refractivity contribution in [2.75, 3.05) is 0 Å². The second kappa shape index (κ2) is 5.43. The molecule has 0 aromatic heterocycles. The third-order valence-corrected chi connectivity index (χ3v) is 4.90. The fourth-order valence-electron chi connectivity index (χ4n) is 3.60. The van der Waals surface area contributed by atoms with E-state index in [-0.39, 0.29) is 12.1 Å². The number of alkyl halides is 3. The minimum absolute atomic E-state index is 0.0497. The lowest BCUT2D eigenvalue weighted by molar-refractivity contribution is -0.137. The van der Waals surface area contributed by atoms with Gasteiger partial charge in [0.1, 0.15) is 5.82 Å². The molecule has 2 heterocycles. The second-order valence-corrected chi connectivity index (χ2v) is 6.32. The van der Waals surface area contributed by atoms with E-state index in [1.807, 2.05) is 0 Å². The first-order valence-corrected chi connectivity index (χ1v) is 7.55. The Morgan fingerprint density at radius 1 is 1.10 bits per heavy atom. The molecule has 3 rings (SSSR count). The standard InChI is InChI=1S/C15H16ClF4N/c16-13-7-10(15(18,19)20)6-9(14(13)17)8-21-11-2-1-3-12(21)5-4-11/h6-7,11-12H,1-5,8H2/t11-,12?/m1/s1. The van der Waals surface area contributed by atoms with Crippen molar-refractivity contribution in [1.29, 1.82) is 0 Å². The monoisotopic (exact) mass is 321 g/mol. The van der Waals surface area contributed by atoms with Gasteiger partial charge in [0, 0.05) is 24.2 Å². The molecule has 1 aromatic carbocycles. The molecule has 0 N–H and O–H groups in total. The van der Waals surface area contributed by atoms with Crippen molar-refractivity contribution in [2.24, 2.45) is 0 Å². The molecule has 2 atom stereocenters. The van der Waals surface area contributed by atoms with Gasteiger partial charge in [0.05, 0.1) is 10.6 Å². The molecule has 2 bridgehead atoms. The lowest BCUT2D eigenvalue weighted by Gasteiger charge is -2.35. The Hall–Kier alpha value is -0.810. The third kappa shape index (κ3) is 2.90.